The first-order valence-electron chi connectivity index (χ1n) is 7.79. The monoisotopic (exact) mass is 303 g/mol. The summed E-state index contributed by atoms with van der Waals surface area (Å²) < 4.78 is 0. The number of piperidine rings is 1. The zero-order valence-corrected chi connectivity index (χ0v) is 13.6. The maximum absolute atomic E-state index is 12.2. The second-order valence-corrected chi connectivity index (χ2v) is 6.19. The summed E-state index contributed by atoms with van der Waals surface area (Å²) in [6.07, 6.45) is 1.79. The van der Waals surface area contributed by atoms with Crippen molar-refractivity contribution in [2.24, 2.45) is 5.92 Å². The van der Waals surface area contributed by atoms with Gasteiger partial charge in [0.05, 0.1) is 0 Å². The summed E-state index contributed by atoms with van der Waals surface area (Å²) in [4.78, 5) is 25.5. The molecule has 0 radical (unpaired) electrons. The summed E-state index contributed by atoms with van der Waals surface area (Å²) in [5.41, 5.74) is 1.66. The van der Waals surface area contributed by atoms with E-state index in [9.17, 15) is 9.59 Å². The van der Waals surface area contributed by atoms with Crippen LogP contribution in [-0.2, 0) is 11.3 Å². The summed E-state index contributed by atoms with van der Waals surface area (Å²) >= 11 is 0. The number of nitrogens with one attached hydrogen (secondary N) is 2. The Labute approximate surface area is 132 Å². The minimum absolute atomic E-state index is 0.0146. The largest absolute Gasteiger partial charge is 0.352 e. The van der Waals surface area contributed by atoms with E-state index in [4.69, 9.17) is 0 Å². The molecular weight excluding hydrogens is 278 g/mol. The fourth-order valence-corrected chi connectivity index (χ4v) is 2.73. The van der Waals surface area contributed by atoms with Gasteiger partial charge in [0.15, 0.2) is 0 Å². The Balaban J connectivity index is 1.86. The number of carbonyl (C=O) groups is 2. The van der Waals surface area contributed by atoms with Gasteiger partial charge in [-0.25, -0.2) is 0 Å². The van der Waals surface area contributed by atoms with Crippen LogP contribution in [0.1, 0.15) is 35.7 Å². The Hall–Kier alpha value is -1.88. The van der Waals surface area contributed by atoms with E-state index in [0.717, 1.165) is 24.9 Å². The van der Waals surface area contributed by atoms with Crippen LogP contribution in [0.5, 0.6) is 0 Å². The van der Waals surface area contributed by atoms with E-state index in [2.05, 4.69) is 17.6 Å². The van der Waals surface area contributed by atoms with Crippen LogP contribution in [0.3, 0.4) is 0 Å². The Morgan fingerprint density at radius 1 is 1.27 bits per heavy atom. The van der Waals surface area contributed by atoms with Gasteiger partial charge >= 0.3 is 0 Å². The molecule has 5 heteroatoms. The highest BCUT2D eigenvalue weighted by Gasteiger charge is 2.24. The van der Waals surface area contributed by atoms with Crippen LogP contribution in [0.25, 0.3) is 0 Å². The SMILES string of the molecule is C[C@H]1C[C@@H](C(=O)NCc2ccc(C(=O)N(C)C)cc2)CCN1. The van der Waals surface area contributed by atoms with Gasteiger partial charge in [-0.2, -0.15) is 0 Å². The number of nitrogens with zero attached hydrogens (tertiary/aromatic N) is 1. The third kappa shape index (κ3) is 4.31. The molecule has 2 atom stereocenters. The van der Waals surface area contributed by atoms with Crippen molar-refractivity contribution in [1.82, 2.24) is 15.5 Å². The first-order valence-corrected chi connectivity index (χ1v) is 7.79. The molecule has 2 rings (SSSR count). The van der Waals surface area contributed by atoms with Crippen LogP contribution >= 0.6 is 0 Å². The Morgan fingerprint density at radius 2 is 1.95 bits per heavy atom. The number of hydrogen-bond donors (Lipinski definition) is 2. The molecule has 2 N–H and O–H groups in total. The van der Waals surface area contributed by atoms with Gasteiger partial charge in [-0.05, 0) is 44.0 Å². The molecule has 120 valence electrons. The summed E-state index contributed by atoms with van der Waals surface area (Å²) in [6.45, 7) is 3.52. The van der Waals surface area contributed by atoms with Crippen molar-refractivity contribution < 1.29 is 9.59 Å². The lowest BCUT2D eigenvalue weighted by molar-refractivity contribution is -0.126. The molecule has 1 aromatic rings. The van der Waals surface area contributed by atoms with Gasteiger partial charge in [0.1, 0.15) is 0 Å². The Bertz CT molecular complexity index is 525. The van der Waals surface area contributed by atoms with E-state index in [1.54, 1.807) is 31.1 Å². The summed E-state index contributed by atoms with van der Waals surface area (Å²) in [7, 11) is 3.47. The highest BCUT2D eigenvalue weighted by Crippen LogP contribution is 2.16. The Kier molecular flexibility index (Phi) is 5.55. The number of rotatable bonds is 4. The summed E-state index contributed by atoms with van der Waals surface area (Å²) in [5.74, 6) is 0.215. The lowest BCUT2D eigenvalue weighted by Crippen LogP contribution is -2.42. The van der Waals surface area contributed by atoms with E-state index in [0.29, 0.717) is 18.2 Å². The van der Waals surface area contributed by atoms with Crippen molar-refractivity contribution in [3.63, 3.8) is 0 Å². The lowest BCUT2D eigenvalue weighted by Gasteiger charge is -2.27. The molecule has 0 bridgehead atoms. The van der Waals surface area contributed by atoms with E-state index in [-0.39, 0.29) is 17.7 Å². The molecule has 5 nitrogen and oxygen atoms in total. The van der Waals surface area contributed by atoms with Crippen molar-refractivity contribution in [2.75, 3.05) is 20.6 Å². The van der Waals surface area contributed by atoms with Gasteiger partial charge in [-0.3, -0.25) is 9.59 Å². The molecule has 22 heavy (non-hydrogen) atoms. The topological polar surface area (TPSA) is 61.4 Å². The zero-order valence-electron chi connectivity index (χ0n) is 13.6. The molecule has 0 spiro atoms. The van der Waals surface area contributed by atoms with E-state index in [1.807, 2.05) is 12.1 Å². The molecule has 0 aromatic heterocycles. The zero-order chi connectivity index (χ0) is 16.1. The highest BCUT2D eigenvalue weighted by atomic mass is 16.2. The normalized spacial score (nSPS) is 21.2. The fraction of sp³-hybridized carbons (Fsp3) is 0.529. The van der Waals surface area contributed by atoms with Crippen LogP contribution in [0, 0.1) is 5.92 Å². The second-order valence-electron chi connectivity index (χ2n) is 6.19. The third-order valence-electron chi connectivity index (χ3n) is 4.07. The molecule has 0 unspecified atom stereocenters. The quantitative estimate of drug-likeness (QED) is 0.884. The maximum atomic E-state index is 12.2. The molecule has 2 amide bonds. The average Bonchev–Trinajstić information content (AvgIpc) is 2.52. The number of amides is 2. The van der Waals surface area contributed by atoms with Crippen LogP contribution in [0.2, 0.25) is 0 Å². The van der Waals surface area contributed by atoms with Crippen molar-refractivity contribution in [3.8, 4) is 0 Å². The Morgan fingerprint density at radius 3 is 2.55 bits per heavy atom. The predicted molar refractivity (Wildman–Crippen MR) is 86.5 cm³/mol. The predicted octanol–water partition coefficient (Wildman–Crippen LogP) is 1.39. The fourth-order valence-electron chi connectivity index (χ4n) is 2.73. The molecule has 1 aromatic carbocycles. The standard InChI is InChI=1S/C17H25N3O2/c1-12-10-15(8-9-18-12)16(21)19-11-13-4-6-14(7-5-13)17(22)20(2)3/h4-7,12,15,18H,8-11H2,1-3H3,(H,19,21)/t12-,15-/m0/s1. The van der Waals surface area contributed by atoms with E-state index >= 15 is 0 Å². The van der Waals surface area contributed by atoms with Crippen LogP contribution in [-0.4, -0.2) is 43.4 Å². The number of benzene rings is 1. The molecule has 1 aliphatic rings. The van der Waals surface area contributed by atoms with E-state index < -0.39 is 0 Å². The first kappa shape index (κ1) is 16.5. The second kappa shape index (κ2) is 7.40. The van der Waals surface area contributed by atoms with Gasteiger partial charge in [0.2, 0.25) is 5.91 Å². The van der Waals surface area contributed by atoms with Gasteiger partial charge in [-0.15, -0.1) is 0 Å². The molecule has 1 heterocycles. The third-order valence-corrected chi connectivity index (χ3v) is 4.07. The maximum Gasteiger partial charge on any atom is 0.253 e. The van der Waals surface area contributed by atoms with Gasteiger partial charge < -0.3 is 15.5 Å². The summed E-state index contributed by atoms with van der Waals surface area (Å²) in [6, 6.07) is 7.79. The molecule has 0 saturated carbocycles. The van der Waals surface area contributed by atoms with Gasteiger partial charge in [-0.1, -0.05) is 12.1 Å². The molecular formula is C17H25N3O2. The van der Waals surface area contributed by atoms with Crippen molar-refractivity contribution >= 4 is 11.8 Å². The van der Waals surface area contributed by atoms with Crippen LogP contribution in [0.4, 0.5) is 0 Å². The number of carbonyl (C=O) groups excluding carboxylic acids is 2. The minimum atomic E-state index is -0.0146. The lowest BCUT2D eigenvalue weighted by atomic mass is 9.92. The van der Waals surface area contributed by atoms with Crippen molar-refractivity contribution in [1.29, 1.82) is 0 Å². The molecule has 1 fully saturated rings. The summed E-state index contributed by atoms with van der Waals surface area (Å²) in [5, 5.41) is 6.35. The first-order chi connectivity index (χ1) is 10.5. The van der Waals surface area contributed by atoms with Crippen molar-refractivity contribution in [3.05, 3.63) is 35.4 Å². The van der Waals surface area contributed by atoms with Crippen LogP contribution < -0.4 is 10.6 Å². The highest BCUT2D eigenvalue weighted by molar-refractivity contribution is 5.93. The minimum Gasteiger partial charge on any atom is -0.352 e. The molecule has 1 saturated heterocycles. The van der Waals surface area contributed by atoms with Gasteiger partial charge in [0.25, 0.3) is 5.91 Å². The smallest absolute Gasteiger partial charge is 0.253 e. The van der Waals surface area contributed by atoms with Crippen molar-refractivity contribution in [2.45, 2.75) is 32.4 Å². The van der Waals surface area contributed by atoms with E-state index in [1.165, 1.54) is 0 Å². The average molecular weight is 303 g/mol. The molecule has 1 aliphatic heterocycles. The number of hydrogen-bond acceptors (Lipinski definition) is 3. The van der Waals surface area contributed by atoms with Crippen LogP contribution in [0.15, 0.2) is 24.3 Å². The molecule has 0 aliphatic carbocycles. The van der Waals surface area contributed by atoms with Gasteiger partial charge in [0, 0.05) is 38.2 Å².